The molecule has 2 aromatic carbocycles. The Morgan fingerprint density at radius 3 is 2.65 bits per heavy atom. The van der Waals surface area contributed by atoms with Crippen LogP contribution in [0, 0.1) is 0 Å². The normalized spacial score (nSPS) is 9.85. The second-order valence-corrected chi connectivity index (χ2v) is 4.76. The molecular formula is C16H18N2OS. The van der Waals surface area contributed by atoms with Crippen LogP contribution < -0.4 is 15.4 Å². The van der Waals surface area contributed by atoms with E-state index in [1.54, 1.807) is 7.11 Å². The topological polar surface area (TPSA) is 33.3 Å². The molecule has 104 valence electrons. The van der Waals surface area contributed by atoms with Crippen molar-refractivity contribution in [3.63, 3.8) is 0 Å². The summed E-state index contributed by atoms with van der Waals surface area (Å²) in [5.41, 5.74) is 2.21. The van der Waals surface area contributed by atoms with Crippen LogP contribution in [0.3, 0.4) is 0 Å². The fourth-order valence-electron chi connectivity index (χ4n) is 1.84. The maximum absolute atomic E-state index is 5.27. The first kappa shape index (κ1) is 14.3. The third kappa shape index (κ3) is 4.55. The highest BCUT2D eigenvalue weighted by molar-refractivity contribution is 7.80. The molecule has 20 heavy (non-hydrogen) atoms. The van der Waals surface area contributed by atoms with Crippen LogP contribution in [0.2, 0.25) is 0 Å². The van der Waals surface area contributed by atoms with Gasteiger partial charge in [-0.3, -0.25) is 0 Å². The van der Waals surface area contributed by atoms with Gasteiger partial charge in [0.15, 0.2) is 5.11 Å². The monoisotopic (exact) mass is 286 g/mol. The van der Waals surface area contributed by atoms with Gasteiger partial charge in [-0.05, 0) is 36.3 Å². The van der Waals surface area contributed by atoms with Crippen molar-refractivity contribution in [1.82, 2.24) is 5.32 Å². The molecule has 0 amide bonds. The van der Waals surface area contributed by atoms with Gasteiger partial charge in [-0.2, -0.15) is 0 Å². The molecule has 0 saturated heterocycles. The molecule has 0 fully saturated rings. The van der Waals surface area contributed by atoms with E-state index in [1.807, 2.05) is 42.5 Å². The fraction of sp³-hybridized carbons (Fsp3) is 0.188. The predicted molar refractivity (Wildman–Crippen MR) is 87.4 cm³/mol. The Kier molecular flexibility index (Phi) is 5.38. The van der Waals surface area contributed by atoms with Gasteiger partial charge in [0.25, 0.3) is 0 Å². The van der Waals surface area contributed by atoms with E-state index in [-0.39, 0.29) is 0 Å². The summed E-state index contributed by atoms with van der Waals surface area (Å²) in [4.78, 5) is 0. The van der Waals surface area contributed by atoms with Crippen molar-refractivity contribution in [1.29, 1.82) is 0 Å². The van der Waals surface area contributed by atoms with Crippen molar-refractivity contribution in [3.05, 3.63) is 60.2 Å². The summed E-state index contributed by atoms with van der Waals surface area (Å²) in [7, 11) is 1.65. The van der Waals surface area contributed by atoms with Gasteiger partial charge in [-0.15, -0.1) is 0 Å². The minimum absolute atomic E-state index is 0.620. The van der Waals surface area contributed by atoms with E-state index in [1.165, 1.54) is 5.56 Å². The predicted octanol–water partition coefficient (Wildman–Crippen LogP) is 3.22. The molecule has 0 atom stereocenters. The van der Waals surface area contributed by atoms with Crippen molar-refractivity contribution in [2.24, 2.45) is 0 Å². The second-order valence-electron chi connectivity index (χ2n) is 4.35. The zero-order valence-corrected chi connectivity index (χ0v) is 12.2. The quantitative estimate of drug-likeness (QED) is 0.827. The average molecular weight is 286 g/mol. The lowest BCUT2D eigenvalue weighted by molar-refractivity contribution is 0.415. The van der Waals surface area contributed by atoms with Crippen LogP contribution >= 0.6 is 12.2 Å². The van der Waals surface area contributed by atoms with Crippen molar-refractivity contribution >= 4 is 23.0 Å². The molecular weight excluding hydrogens is 268 g/mol. The number of anilines is 1. The van der Waals surface area contributed by atoms with Gasteiger partial charge < -0.3 is 15.4 Å². The molecule has 3 nitrogen and oxygen atoms in total. The smallest absolute Gasteiger partial charge is 0.170 e. The number of ether oxygens (including phenoxy) is 1. The molecule has 0 spiro atoms. The van der Waals surface area contributed by atoms with Crippen LogP contribution in [0.4, 0.5) is 5.69 Å². The minimum atomic E-state index is 0.620. The fourth-order valence-corrected chi connectivity index (χ4v) is 2.06. The lowest BCUT2D eigenvalue weighted by atomic mass is 10.1. The van der Waals surface area contributed by atoms with Crippen molar-refractivity contribution < 1.29 is 4.74 Å². The van der Waals surface area contributed by atoms with E-state index in [0.29, 0.717) is 5.11 Å². The molecule has 0 saturated carbocycles. The van der Waals surface area contributed by atoms with E-state index < -0.39 is 0 Å². The van der Waals surface area contributed by atoms with Gasteiger partial charge in [0.1, 0.15) is 5.75 Å². The molecule has 0 unspecified atom stereocenters. The molecule has 2 rings (SSSR count). The van der Waals surface area contributed by atoms with E-state index >= 15 is 0 Å². The largest absolute Gasteiger partial charge is 0.497 e. The second kappa shape index (κ2) is 7.50. The summed E-state index contributed by atoms with van der Waals surface area (Å²) in [5.74, 6) is 0.807. The number of hydrogen-bond donors (Lipinski definition) is 2. The van der Waals surface area contributed by atoms with Crippen molar-refractivity contribution in [2.75, 3.05) is 19.0 Å². The SMILES string of the molecule is COc1cccc(NC(=S)NCCc2ccccc2)c1. The Labute approximate surface area is 125 Å². The molecule has 0 aromatic heterocycles. The Bertz CT molecular complexity index is 557. The summed E-state index contributed by atoms with van der Waals surface area (Å²) in [6.07, 6.45) is 0.945. The van der Waals surface area contributed by atoms with E-state index in [9.17, 15) is 0 Å². The number of methoxy groups -OCH3 is 1. The summed E-state index contributed by atoms with van der Waals surface area (Å²) in [6.45, 7) is 0.805. The lowest BCUT2D eigenvalue weighted by Crippen LogP contribution is -2.30. The maximum atomic E-state index is 5.27. The first-order valence-electron chi connectivity index (χ1n) is 6.51. The maximum Gasteiger partial charge on any atom is 0.170 e. The van der Waals surface area contributed by atoms with Gasteiger partial charge in [0.05, 0.1) is 7.11 Å². The number of nitrogens with one attached hydrogen (secondary N) is 2. The molecule has 0 aliphatic heterocycles. The molecule has 0 radical (unpaired) electrons. The molecule has 4 heteroatoms. The third-order valence-electron chi connectivity index (χ3n) is 2.87. The highest BCUT2D eigenvalue weighted by atomic mass is 32.1. The minimum Gasteiger partial charge on any atom is -0.497 e. The number of benzene rings is 2. The van der Waals surface area contributed by atoms with Gasteiger partial charge >= 0.3 is 0 Å². The van der Waals surface area contributed by atoms with Crippen LogP contribution in [-0.2, 0) is 6.42 Å². The van der Waals surface area contributed by atoms with Crippen LogP contribution in [0.15, 0.2) is 54.6 Å². The van der Waals surface area contributed by atoms with Gasteiger partial charge in [-0.25, -0.2) is 0 Å². The van der Waals surface area contributed by atoms with Crippen molar-refractivity contribution in [3.8, 4) is 5.75 Å². The Balaban J connectivity index is 1.77. The first-order chi connectivity index (χ1) is 9.78. The van der Waals surface area contributed by atoms with Crippen LogP contribution in [0.1, 0.15) is 5.56 Å². The zero-order chi connectivity index (χ0) is 14.2. The standard InChI is InChI=1S/C16H18N2OS/c1-19-15-9-5-8-14(12-15)18-16(20)17-11-10-13-6-3-2-4-7-13/h2-9,12H,10-11H2,1H3,(H2,17,18,20). The van der Waals surface area contributed by atoms with Crippen molar-refractivity contribution in [2.45, 2.75) is 6.42 Å². The average Bonchev–Trinajstić information content (AvgIpc) is 2.48. The highest BCUT2D eigenvalue weighted by Crippen LogP contribution is 2.16. The molecule has 0 bridgehead atoms. The highest BCUT2D eigenvalue weighted by Gasteiger charge is 1.99. The molecule has 2 N–H and O–H groups in total. The Morgan fingerprint density at radius 1 is 1.10 bits per heavy atom. The molecule has 0 aliphatic carbocycles. The summed E-state index contributed by atoms with van der Waals surface area (Å²) < 4.78 is 5.17. The summed E-state index contributed by atoms with van der Waals surface area (Å²) >= 11 is 5.27. The van der Waals surface area contributed by atoms with Crippen LogP contribution in [-0.4, -0.2) is 18.8 Å². The molecule has 2 aromatic rings. The van der Waals surface area contributed by atoms with Crippen LogP contribution in [0.5, 0.6) is 5.75 Å². The van der Waals surface area contributed by atoms with E-state index in [2.05, 4.69) is 22.8 Å². The summed E-state index contributed by atoms with van der Waals surface area (Å²) in [5, 5.41) is 6.96. The third-order valence-corrected chi connectivity index (χ3v) is 3.12. The van der Waals surface area contributed by atoms with Crippen LogP contribution in [0.25, 0.3) is 0 Å². The lowest BCUT2D eigenvalue weighted by Gasteiger charge is -2.11. The number of hydrogen-bond acceptors (Lipinski definition) is 2. The summed E-state index contributed by atoms with van der Waals surface area (Å²) in [6, 6.07) is 18.0. The Morgan fingerprint density at radius 2 is 1.90 bits per heavy atom. The van der Waals surface area contributed by atoms with E-state index in [4.69, 9.17) is 17.0 Å². The number of thiocarbonyl (C=S) groups is 1. The molecule has 0 heterocycles. The van der Waals surface area contributed by atoms with E-state index in [0.717, 1.165) is 24.4 Å². The number of rotatable bonds is 5. The molecule has 0 aliphatic rings. The van der Waals surface area contributed by atoms with Gasteiger partial charge in [0, 0.05) is 18.3 Å². The zero-order valence-electron chi connectivity index (χ0n) is 11.4. The Hall–Kier alpha value is -2.07. The van der Waals surface area contributed by atoms with Gasteiger partial charge in [-0.1, -0.05) is 36.4 Å². The first-order valence-corrected chi connectivity index (χ1v) is 6.91. The van der Waals surface area contributed by atoms with Gasteiger partial charge in [0.2, 0.25) is 0 Å².